The first-order valence-corrected chi connectivity index (χ1v) is 11.0. The van der Waals surface area contributed by atoms with Gasteiger partial charge in [-0.2, -0.15) is 0 Å². The predicted octanol–water partition coefficient (Wildman–Crippen LogP) is 4.68. The van der Waals surface area contributed by atoms with Gasteiger partial charge < -0.3 is 5.32 Å². The van der Waals surface area contributed by atoms with E-state index in [0.29, 0.717) is 27.5 Å². The topological polar surface area (TPSA) is 58.1 Å². The molecule has 2 heterocycles. The Balaban J connectivity index is 1.48. The molecule has 0 spiro atoms. The molecule has 1 amide bonds. The third-order valence-electron chi connectivity index (χ3n) is 4.34. The van der Waals surface area contributed by atoms with Crippen LogP contribution >= 0.6 is 34.7 Å². The van der Waals surface area contributed by atoms with Gasteiger partial charge in [-0.05, 0) is 38.1 Å². The van der Waals surface area contributed by atoms with Crippen LogP contribution in [0.5, 0.6) is 0 Å². The lowest BCUT2D eigenvalue weighted by Gasteiger charge is -2.31. The summed E-state index contributed by atoms with van der Waals surface area (Å²) < 4.78 is 14.8. The maximum Gasteiger partial charge on any atom is 0.229 e. The van der Waals surface area contributed by atoms with E-state index in [0.717, 1.165) is 30.3 Å². The van der Waals surface area contributed by atoms with E-state index in [1.165, 1.54) is 17.4 Å². The molecule has 0 unspecified atom stereocenters. The van der Waals surface area contributed by atoms with Crippen molar-refractivity contribution in [3.8, 4) is 0 Å². The van der Waals surface area contributed by atoms with E-state index >= 15 is 0 Å². The molecule has 1 aliphatic rings. The van der Waals surface area contributed by atoms with E-state index in [-0.39, 0.29) is 17.6 Å². The number of nitrogens with zero attached hydrogens (tertiary/aromatic N) is 3. The fraction of sp³-hybridized carbons (Fsp3) is 0.500. The van der Waals surface area contributed by atoms with Crippen molar-refractivity contribution < 1.29 is 9.18 Å². The van der Waals surface area contributed by atoms with Crippen LogP contribution in [-0.4, -0.2) is 39.3 Å². The number of benzene rings is 1. The van der Waals surface area contributed by atoms with E-state index in [4.69, 9.17) is 11.6 Å². The molecule has 0 saturated carbocycles. The molecule has 146 valence electrons. The average Bonchev–Trinajstić information content (AvgIpc) is 3.04. The van der Waals surface area contributed by atoms with Crippen molar-refractivity contribution in [3.63, 3.8) is 0 Å². The van der Waals surface area contributed by atoms with Crippen LogP contribution in [0.15, 0.2) is 22.5 Å². The number of likely N-dealkylation sites (tertiary alicyclic amines) is 1. The summed E-state index contributed by atoms with van der Waals surface area (Å²) in [7, 11) is 0. The third kappa shape index (κ3) is 5.88. The number of hydrogen-bond donors (Lipinski definition) is 1. The normalized spacial score (nSPS) is 16.0. The number of halogens is 2. The maximum absolute atomic E-state index is 13.9. The Morgan fingerprint density at radius 2 is 2.15 bits per heavy atom. The van der Waals surface area contributed by atoms with Crippen molar-refractivity contribution in [1.29, 1.82) is 0 Å². The van der Waals surface area contributed by atoms with Crippen molar-refractivity contribution in [3.05, 3.63) is 34.6 Å². The Kier molecular flexibility index (Phi) is 7.08. The number of amides is 1. The summed E-state index contributed by atoms with van der Waals surface area (Å²) in [5, 5.41) is 12.4. The summed E-state index contributed by atoms with van der Waals surface area (Å²) in [5.41, 5.74) is 0.631. The van der Waals surface area contributed by atoms with Gasteiger partial charge >= 0.3 is 0 Å². The van der Waals surface area contributed by atoms with Crippen LogP contribution in [0.25, 0.3) is 0 Å². The smallest absolute Gasteiger partial charge is 0.229 e. The van der Waals surface area contributed by atoms with Crippen LogP contribution in [0.3, 0.4) is 0 Å². The van der Waals surface area contributed by atoms with Gasteiger partial charge in [0.05, 0.1) is 0 Å². The second-order valence-electron chi connectivity index (χ2n) is 6.82. The highest BCUT2D eigenvalue weighted by molar-refractivity contribution is 8.01. The summed E-state index contributed by atoms with van der Waals surface area (Å²) in [4.78, 5) is 14.6. The summed E-state index contributed by atoms with van der Waals surface area (Å²) >= 11 is 8.84. The Bertz CT molecular complexity index is 793. The van der Waals surface area contributed by atoms with Crippen molar-refractivity contribution in [2.45, 2.75) is 42.8 Å². The van der Waals surface area contributed by atoms with Gasteiger partial charge in [0.25, 0.3) is 0 Å². The van der Waals surface area contributed by atoms with Gasteiger partial charge in [-0.15, -0.1) is 10.2 Å². The van der Waals surface area contributed by atoms with Crippen LogP contribution in [0.2, 0.25) is 5.02 Å². The van der Waals surface area contributed by atoms with Crippen molar-refractivity contribution in [2.24, 2.45) is 5.92 Å². The number of thioether (sulfide) groups is 1. The molecule has 5 nitrogen and oxygen atoms in total. The Hall–Kier alpha value is -1.22. The number of carbonyl (C=O) groups excluding carboxylic acids is 1. The number of carbonyl (C=O) groups is 1. The molecular formula is C18H22ClFN4OS2. The molecule has 1 aromatic carbocycles. The lowest BCUT2D eigenvalue weighted by Crippen LogP contribution is -2.37. The van der Waals surface area contributed by atoms with E-state index < -0.39 is 0 Å². The second kappa shape index (κ2) is 9.32. The molecule has 1 N–H and O–H groups in total. The number of piperidine rings is 1. The lowest BCUT2D eigenvalue weighted by molar-refractivity contribution is -0.121. The summed E-state index contributed by atoms with van der Waals surface area (Å²) in [5.74, 6) is -0.348. The monoisotopic (exact) mass is 428 g/mol. The quantitative estimate of drug-likeness (QED) is 0.534. The van der Waals surface area contributed by atoms with E-state index in [2.05, 4.69) is 34.3 Å². The van der Waals surface area contributed by atoms with E-state index in [9.17, 15) is 9.18 Å². The highest BCUT2D eigenvalue weighted by Gasteiger charge is 2.26. The average molecular weight is 429 g/mol. The van der Waals surface area contributed by atoms with Crippen LogP contribution in [0, 0.1) is 11.7 Å². The zero-order valence-corrected chi connectivity index (χ0v) is 17.6. The van der Waals surface area contributed by atoms with Gasteiger partial charge in [0, 0.05) is 28.3 Å². The first kappa shape index (κ1) is 20.5. The van der Waals surface area contributed by atoms with Crippen LogP contribution in [0.4, 0.5) is 9.52 Å². The number of nitrogens with one attached hydrogen (secondary N) is 1. The van der Waals surface area contributed by atoms with Crippen LogP contribution < -0.4 is 5.32 Å². The molecule has 1 aliphatic heterocycles. The first-order chi connectivity index (χ1) is 12.9. The largest absolute Gasteiger partial charge is 0.300 e. The Labute approximate surface area is 171 Å². The molecule has 0 atom stereocenters. The minimum Gasteiger partial charge on any atom is -0.300 e. The molecule has 0 radical (unpaired) electrons. The van der Waals surface area contributed by atoms with Gasteiger partial charge in [0.2, 0.25) is 11.0 Å². The number of hydrogen-bond acceptors (Lipinski definition) is 6. The SMILES string of the molecule is CC(C)Sc1nnc(NC(=O)C2CCN(Cc3ccc(Cl)cc3F)CC2)s1. The Morgan fingerprint density at radius 1 is 1.41 bits per heavy atom. The maximum atomic E-state index is 13.9. The summed E-state index contributed by atoms with van der Waals surface area (Å²) in [6, 6.07) is 4.76. The van der Waals surface area contributed by atoms with Crippen molar-refractivity contribution in [2.75, 3.05) is 18.4 Å². The van der Waals surface area contributed by atoms with Gasteiger partial charge in [-0.1, -0.05) is 54.6 Å². The van der Waals surface area contributed by atoms with Gasteiger partial charge in [-0.25, -0.2) is 4.39 Å². The predicted molar refractivity (Wildman–Crippen MR) is 109 cm³/mol. The lowest BCUT2D eigenvalue weighted by atomic mass is 9.95. The molecule has 1 saturated heterocycles. The Morgan fingerprint density at radius 3 is 2.81 bits per heavy atom. The standard InChI is InChI=1S/C18H22ClFN4OS2/c1-11(2)26-18-23-22-17(27-18)21-16(25)12-5-7-24(8-6-12)10-13-3-4-14(19)9-15(13)20/h3-4,9,11-12H,5-8,10H2,1-2H3,(H,21,22,25). The zero-order chi connectivity index (χ0) is 19.4. The first-order valence-electron chi connectivity index (χ1n) is 8.88. The fourth-order valence-corrected chi connectivity index (χ4v) is 5.10. The number of anilines is 1. The zero-order valence-electron chi connectivity index (χ0n) is 15.2. The molecule has 1 fully saturated rings. The van der Waals surface area contributed by atoms with Crippen molar-refractivity contribution in [1.82, 2.24) is 15.1 Å². The summed E-state index contributed by atoms with van der Waals surface area (Å²) in [6.45, 7) is 6.22. The van der Waals surface area contributed by atoms with Crippen LogP contribution in [-0.2, 0) is 11.3 Å². The van der Waals surface area contributed by atoms with E-state index in [1.54, 1.807) is 23.9 Å². The molecule has 27 heavy (non-hydrogen) atoms. The fourth-order valence-electron chi connectivity index (χ4n) is 2.96. The highest BCUT2D eigenvalue weighted by Crippen LogP contribution is 2.29. The second-order valence-corrected chi connectivity index (χ2v) is 10.1. The molecular weight excluding hydrogens is 407 g/mol. The van der Waals surface area contributed by atoms with Crippen molar-refractivity contribution >= 4 is 45.7 Å². The van der Waals surface area contributed by atoms with Gasteiger partial charge in [0.1, 0.15) is 5.82 Å². The molecule has 1 aromatic heterocycles. The van der Waals surface area contributed by atoms with Gasteiger partial charge in [-0.3, -0.25) is 9.69 Å². The number of aromatic nitrogens is 2. The third-order valence-corrected chi connectivity index (χ3v) is 6.50. The van der Waals surface area contributed by atoms with Gasteiger partial charge in [0.15, 0.2) is 4.34 Å². The molecule has 3 rings (SSSR count). The minimum absolute atomic E-state index is 0.00966. The highest BCUT2D eigenvalue weighted by atomic mass is 35.5. The molecule has 9 heteroatoms. The molecule has 2 aromatic rings. The van der Waals surface area contributed by atoms with E-state index in [1.807, 2.05) is 0 Å². The molecule has 0 bridgehead atoms. The summed E-state index contributed by atoms with van der Waals surface area (Å²) in [6.07, 6.45) is 1.49. The number of rotatable bonds is 6. The molecule has 0 aliphatic carbocycles. The van der Waals surface area contributed by atoms with Crippen LogP contribution in [0.1, 0.15) is 32.3 Å². The minimum atomic E-state index is -0.284.